The van der Waals surface area contributed by atoms with Crippen LogP contribution in [0.1, 0.15) is 5.56 Å². The lowest BCUT2D eigenvalue weighted by Gasteiger charge is -2.02. The molecule has 3 N–H and O–H groups in total. The summed E-state index contributed by atoms with van der Waals surface area (Å²) in [6, 6.07) is 5.52. The predicted molar refractivity (Wildman–Crippen MR) is 55.6 cm³/mol. The van der Waals surface area contributed by atoms with Crippen LogP contribution in [0.15, 0.2) is 30.5 Å². The van der Waals surface area contributed by atoms with Gasteiger partial charge in [-0.1, -0.05) is 12.2 Å². The summed E-state index contributed by atoms with van der Waals surface area (Å²) in [6.07, 6.45) is 5.40. The Morgan fingerprint density at radius 3 is 3.14 bits per heavy atom. The molecule has 0 amide bonds. The van der Waals surface area contributed by atoms with Crippen molar-refractivity contribution in [3.8, 4) is 6.07 Å². The number of hydrogen-bond donors (Lipinski definition) is 2. The molecule has 0 radical (unpaired) electrons. The lowest BCUT2D eigenvalue weighted by atomic mass is 10.3. The monoisotopic (exact) mass is 188 g/mol. The van der Waals surface area contributed by atoms with Crippen LogP contribution in [-0.2, 0) is 0 Å². The molecule has 1 rings (SSSR count). The summed E-state index contributed by atoms with van der Waals surface area (Å²) >= 11 is 0. The van der Waals surface area contributed by atoms with Crippen molar-refractivity contribution in [1.82, 2.24) is 4.98 Å². The van der Waals surface area contributed by atoms with Gasteiger partial charge in [0, 0.05) is 19.3 Å². The van der Waals surface area contributed by atoms with Gasteiger partial charge in [-0.05, 0) is 12.1 Å². The molecule has 4 heteroatoms. The van der Waals surface area contributed by atoms with Crippen molar-refractivity contribution in [2.45, 2.75) is 0 Å². The van der Waals surface area contributed by atoms with Gasteiger partial charge in [-0.25, -0.2) is 4.98 Å². The molecule has 0 atom stereocenters. The molecule has 72 valence electrons. The second-order valence-electron chi connectivity index (χ2n) is 2.60. The Hall–Kier alpha value is -1.86. The number of rotatable bonds is 4. The van der Waals surface area contributed by atoms with Gasteiger partial charge in [0.2, 0.25) is 0 Å². The summed E-state index contributed by atoms with van der Waals surface area (Å²) in [5.41, 5.74) is 5.83. The zero-order valence-corrected chi connectivity index (χ0v) is 7.77. The summed E-state index contributed by atoms with van der Waals surface area (Å²) < 4.78 is 0. The van der Waals surface area contributed by atoms with Crippen LogP contribution in [0.25, 0.3) is 0 Å². The molecule has 0 spiro atoms. The van der Waals surface area contributed by atoms with E-state index in [-0.39, 0.29) is 0 Å². The third-order valence-electron chi connectivity index (χ3n) is 1.62. The molecule has 14 heavy (non-hydrogen) atoms. The molecule has 0 aliphatic carbocycles. The summed E-state index contributed by atoms with van der Waals surface area (Å²) in [4.78, 5) is 4.05. The average Bonchev–Trinajstić information content (AvgIpc) is 2.25. The molecule has 0 aliphatic rings. The van der Waals surface area contributed by atoms with Crippen LogP contribution < -0.4 is 11.1 Å². The van der Waals surface area contributed by atoms with Crippen molar-refractivity contribution in [2.24, 2.45) is 5.73 Å². The number of nitrogens with two attached hydrogens (primary N) is 1. The minimum absolute atomic E-state index is 0.523. The van der Waals surface area contributed by atoms with E-state index < -0.39 is 0 Å². The summed E-state index contributed by atoms with van der Waals surface area (Å²) in [5.74, 6) is 0.608. The second-order valence-corrected chi connectivity index (χ2v) is 2.60. The van der Waals surface area contributed by atoms with E-state index in [4.69, 9.17) is 11.0 Å². The highest BCUT2D eigenvalue weighted by atomic mass is 15.0. The van der Waals surface area contributed by atoms with E-state index in [1.165, 1.54) is 0 Å². The van der Waals surface area contributed by atoms with Gasteiger partial charge in [-0.2, -0.15) is 5.26 Å². The molecular weight excluding hydrogens is 176 g/mol. The van der Waals surface area contributed by atoms with E-state index in [2.05, 4.69) is 16.4 Å². The molecule has 0 fully saturated rings. The molecule has 1 heterocycles. The van der Waals surface area contributed by atoms with Gasteiger partial charge < -0.3 is 11.1 Å². The van der Waals surface area contributed by atoms with E-state index >= 15 is 0 Å². The van der Waals surface area contributed by atoms with Gasteiger partial charge in [-0.3, -0.25) is 0 Å². The first-order valence-electron chi connectivity index (χ1n) is 4.32. The topological polar surface area (TPSA) is 74.7 Å². The zero-order valence-electron chi connectivity index (χ0n) is 7.77. The smallest absolute Gasteiger partial charge is 0.144 e. The average molecular weight is 188 g/mol. The number of nitrogens with one attached hydrogen (secondary N) is 1. The Labute approximate surface area is 83.1 Å². The highest BCUT2D eigenvalue weighted by molar-refractivity contribution is 5.51. The summed E-state index contributed by atoms with van der Waals surface area (Å²) in [7, 11) is 0. The SMILES string of the molecule is N#Cc1cccnc1NC/C=C/CN. The molecule has 0 bridgehead atoms. The van der Waals surface area contributed by atoms with Crippen molar-refractivity contribution in [1.29, 1.82) is 5.26 Å². The van der Waals surface area contributed by atoms with Gasteiger partial charge in [0.25, 0.3) is 0 Å². The minimum atomic E-state index is 0.523. The number of hydrogen-bond acceptors (Lipinski definition) is 4. The van der Waals surface area contributed by atoms with E-state index in [9.17, 15) is 0 Å². The first kappa shape index (κ1) is 10.2. The molecule has 4 nitrogen and oxygen atoms in total. The fraction of sp³-hybridized carbons (Fsp3) is 0.200. The van der Waals surface area contributed by atoms with E-state index in [0.29, 0.717) is 24.5 Å². The number of nitriles is 1. The summed E-state index contributed by atoms with van der Waals surface area (Å²) in [5, 5.41) is 11.8. The Morgan fingerprint density at radius 2 is 2.43 bits per heavy atom. The highest BCUT2D eigenvalue weighted by Crippen LogP contribution is 2.08. The second kappa shape index (κ2) is 5.73. The Bertz CT molecular complexity index is 351. The third kappa shape index (κ3) is 2.88. The molecule has 0 unspecified atom stereocenters. The maximum atomic E-state index is 8.75. The Morgan fingerprint density at radius 1 is 1.57 bits per heavy atom. The largest absolute Gasteiger partial charge is 0.366 e. The molecule has 0 saturated heterocycles. The Kier molecular flexibility index (Phi) is 4.18. The van der Waals surface area contributed by atoms with Crippen LogP contribution in [0.2, 0.25) is 0 Å². The van der Waals surface area contributed by atoms with Crippen molar-refractivity contribution in [2.75, 3.05) is 18.4 Å². The third-order valence-corrected chi connectivity index (χ3v) is 1.62. The van der Waals surface area contributed by atoms with Crippen LogP contribution in [0.4, 0.5) is 5.82 Å². The van der Waals surface area contributed by atoms with Crippen molar-refractivity contribution >= 4 is 5.82 Å². The minimum Gasteiger partial charge on any atom is -0.366 e. The van der Waals surface area contributed by atoms with Crippen LogP contribution in [0.5, 0.6) is 0 Å². The fourth-order valence-corrected chi connectivity index (χ4v) is 0.972. The maximum Gasteiger partial charge on any atom is 0.144 e. The van der Waals surface area contributed by atoms with Crippen molar-refractivity contribution in [3.05, 3.63) is 36.0 Å². The van der Waals surface area contributed by atoms with Gasteiger partial charge in [0.1, 0.15) is 11.9 Å². The Balaban J connectivity index is 2.59. The van der Waals surface area contributed by atoms with Crippen molar-refractivity contribution < 1.29 is 0 Å². The van der Waals surface area contributed by atoms with Gasteiger partial charge in [0.15, 0.2) is 0 Å². The maximum absolute atomic E-state index is 8.75. The van der Waals surface area contributed by atoms with Crippen LogP contribution >= 0.6 is 0 Å². The van der Waals surface area contributed by atoms with Crippen LogP contribution in [0, 0.1) is 11.3 Å². The molecule has 0 saturated carbocycles. The fourth-order valence-electron chi connectivity index (χ4n) is 0.972. The lowest BCUT2D eigenvalue weighted by molar-refractivity contribution is 1.19. The van der Waals surface area contributed by atoms with Gasteiger partial charge in [0.05, 0.1) is 5.56 Å². The van der Waals surface area contributed by atoms with Gasteiger partial charge in [-0.15, -0.1) is 0 Å². The zero-order chi connectivity index (χ0) is 10.2. The first-order valence-corrected chi connectivity index (χ1v) is 4.32. The number of aromatic nitrogens is 1. The molecule has 0 aliphatic heterocycles. The van der Waals surface area contributed by atoms with Gasteiger partial charge >= 0.3 is 0 Å². The van der Waals surface area contributed by atoms with E-state index in [0.717, 1.165) is 0 Å². The normalized spacial score (nSPS) is 10.0. The quantitative estimate of drug-likeness (QED) is 0.688. The van der Waals surface area contributed by atoms with Crippen molar-refractivity contribution in [3.63, 3.8) is 0 Å². The van der Waals surface area contributed by atoms with E-state index in [1.807, 2.05) is 12.2 Å². The molecule has 1 aromatic heterocycles. The van der Waals surface area contributed by atoms with Crippen LogP contribution in [-0.4, -0.2) is 18.1 Å². The number of pyridine rings is 1. The molecule has 0 aromatic carbocycles. The predicted octanol–water partition coefficient (Wildman–Crippen LogP) is 0.880. The lowest BCUT2D eigenvalue weighted by Crippen LogP contribution is -2.03. The van der Waals surface area contributed by atoms with Crippen LogP contribution in [0.3, 0.4) is 0 Å². The molecular formula is C10H12N4. The standard InChI is InChI=1S/C10H12N4/c11-5-1-2-6-13-10-9(8-12)4-3-7-14-10/h1-4,7H,5-6,11H2,(H,13,14)/b2-1+. The first-order chi connectivity index (χ1) is 6.88. The summed E-state index contributed by atoms with van der Waals surface area (Å²) in [6.45, 7) is 1.15. The number of anilines is 1. The number of nitrogens with zero attached hydrogens (tertiary/aromatic N) is 2. The molecule has 1 aromatic rings. The highest BCUT2D eigenvalue weighted by Gasteiger charge is 1.98. The van der Waals surface area contributed by atoms with E-state index in [1.54, 1.807) is 18.3 Å².